The van der Waals surface area contributed by atoms with E-state index in [0.717, 1.165) is 0 Å². The van der Waals surface area contributed by atoms with Crippen molar-refractivity contribution in [1.29, 1.82) is 0 Å². The van der Waals surface area contributed by atoms with Gasteiger partial charge in [-0.1, -0.05) is 18.5 Å². The zero-order valence-corrected chi connectivity index (χ0v) is 9.93. The number of aryl methyl sites for hydroxylation is 1. The van der Waals surface area contributed by atoms with E-state index in [9.17, 15) is 4.39 Å². The van der Waals surface area contributed by atoms with Crippen LogP contribution < -0.4 is 0 Å². The summed E-state index contributed by atoms with van der Waals surface area (Å²) >= 11 is 11.5. The predicted octanol–water partition coefficient (Wildman–Crippen LogP) is 3.28. The van der Waals surface area contributed by atoms with Crippen LogP contribution in [0.15, 0.2) is 18.2 Å². The molecule has 0 N–H and O–H groups in total. The largest absolute Gasteiger partial charge is 0.270 e. The number of benzene rings is 1. The Kier molecular flexibility index (Phi) is 3.12. The van der Waals surface area contributed by atoms with Gasteiger partial charge in [-0.15, -0.1) is 10.2 Å². The molecule has 0 aliphatic heterocycles. The van der Waals surface area contributed by atoms with E-state index in [1.165, 1.54) is 12.1 Å². The Morgan fingerprint density at radius 2 is 2.06 bits per heavy atom. The predicted molar refractivity (Wildman–Crippen MR) is 60.7 cm³/mol. The number of hydrogen-bond acceptors (Lipinski definition) is 2. The Balaban J connectivity index is 2.57. The standard InChI is InChI=1S/C10H8Cl2FN3/c1-2-9-14-15-10(12)16(9)6-3-4-7(11)8(13)5-6/h3-5H,2H2,1H3. The minimum atomic E-state index is -0.494. The molecule has 0 unspecified atom stereocenters. The summed E-state index contributed by atoms with van der Waals surface area (Å²) in [5.41, 5.74) is 0.564. The number of nitrogens with zero attached hydrogens (tertiary/aromatic N) is 3. The van der Waals surface area contributed by atoms with Crippen molar-refractivity contribution < 1.29 is 4.39 Å². The molecule has 0 fully saturated rings. The Labute approximate surface area is 102 Å². The lowest BCUT2D eigenvalue weighted by atomic mass is 10.3. The third-order valence-electron chi connectivity index (χ3n) is 2.17. The summed E-state index contributed by atoms with van der Waals surface area (Å²) in [7, 11) is 0. The van der Waals surface area contributed by atoms with Gasteiger partial charge in [0.25, 0.3) is 0 Å². The van der Waals surface area contributed by atoms with E-state index in [1.54, 1.807) is 10.6 Å². The normalized spacial score (nSPS) is 10.8. The molecule has 16 heavy (non-hydrogen) atoms. The smallest absolute Gasteiger partial charge is 0.229 e. The van der Waals surface area contributed by atoms with Gasteiger partial charge in [-0.2, -0.15) is 0 Å². The fourth-order valence-corrected chi connectivity index (χ4v) is 1.75. The lowest BCUT2D eigenvalue weighted by Crippen LogP contribution is -2.00. The van der Waals surface area contributed by atoms with E-state index in [0.29, 0.717) is 17.9 Å². The first kappa shape index (κ1) is 11.4. The number of hydrogen-bond donors (Lipinski definition) is 0. The molecule has 6 heteroatoms. The lowest BCUT2D eigenvalue weighted by Gasteiger charge is -2.06. The van der Waals surface area contributed by atoms with Crippen molar-refractivity contribution in [3.63, 3.8) is 0 Å². The third-order valence-corrected chi connectivity index (χ3v) is 2.72. The average Bonchev–Trinajstić information content (AvgIpc) is 2.64. The second kappa shape index (κ2) is 4.39. The van der Waals surface area contributed by atoms with Crippen molar-refractivity contribution in [2.45, 2.75) is 13.3 Å². The summed E-state index contributed by atoms with van der Waals surface area (Å²) in [5.74, 6) is 0.178. The lowest BCUT2D eigenvalue weighted by molar-refractivity contribution is 0.626. The van der Waals surface area contributed by atoms with Gasteiger partial charge >= 0.3 is 0 Å². The topological polar surface area (TPSA) is 30.7 Å². The molecule has 1 aromatic carbocycles. The number of rotatable bonds is 2. The van der Waals surface area contributed by atoms with E-state index in [-0.39, 0.29) is 10.3 Å². The highest BCUT2D eigenvalue weighted by molar-refractivity contribution is 6.30. The van der Waals surface area contributed by atoms with Crippen molar-refractivity contribution in [2.75, 3.05) is 0 Å². The van der Waals surface area contributed by atoms with Gasteiger partial charge in [0, 0.05) is 6.42 Å². The molecule has 0 amide bonds. The fourth-order valence-electron chi connectivity index (χ4n) is 1.40. The molecular formula is C10H8Cl2FN3. The first-order valence-corrected chi connectivity index (χ1v) is 5.44. The molecular weight excluding hydrogens is 252 g/mol. The first-order chi connectivity index (χ1) is 7.63. The molecule has 3 nitrogen and oxygen atoms in total. The highest BCUT2D eigenvalue weighted by Gasteiger charge is 2.11. The maximum atomic E-state index is 13.3. The molecule has 0 saturated heterocycles. The molecule has 0 atom stereocenters. The van der Waals surface area contributed by atoms with Gasteiger partial charge in [-0.3, -0.25) is 4.57 Å². The van der Waals surface area contributed by atoms with Crippen molar-refractivity contribution in [2.24, 2.45) is 0 Å². The van der Waals surface area contributed by atoms with Gasteiger partial charge in [0.1, 0.15) is 11.6 Å². The van der Waals surface area contributed by atoms with Gasteiger partial charge in [-0.25, -0.2) is 4.39 Å². The SMILES string of the molecule is CCc1nnc(Cl)n1-c1ccc(Cl)c(F)c1. The second-order valence-corrected chi connectivity index (χ2v) is 3.92. The molecule has 2 aromatic rings. The Hall–Kier alpha value is -1.13. The summed E-state index contributed by atoms with van der Waals surface area (Å²) in [6.07, 6.45) is 0.657. The van der Waals surface area contributed by atoms with Crippen LogP contribution in [0, 0.1) is 5.82 Å². The van der Waals surface area contributed by atoms with Gasteiger partial charge < -0.3 is 0 Å². The highest BCUT2D eigenvalue weighted by Crippen LogP contribution is 2.22. The zero-order valence-electron chi connectivity index (χ0n) is 8.41. The van der Waals surface area contributed by atoms with Gasteiger partial charge in [0.15, 0.2) is 0 Å². The van der Waals surface area contributed by atoms with Crippen LogP contribution in [-0.2, 0) is 6.42 Å². The first-order valence-electron chi connectivity index (χ1n) is 4.68. The molecule has 0 spiro atoms. The summed E-state index contributed by atoms with van der Waals surface area (Å²) in [4.78, 5) is 0. The summed E-state index contributed by atoms with van der Waals surface area (Å²) < 4.78 is 14.9. The van der Waals surface area contributed by atoms with Crippen LogP contribution in [0.5, 0.6) is 0 Å². The molecule has 0 radical (unpaired) electrons. The van der Waals surface area contributed by atoms with Crippen molar-refractivity contribution >= 4 is 23.2 Å². The van der Waals surface area contributed by atoms with E-state index in [4.69, 9.17) is 23.2 Å². The van der Waals surface area contributed by atoms with Crippen LogP contribution in [0.1, 0.15) is 12.7 Å². The zero-order chi connectivity index (χ0) is 11.7. The summed E-state index contributed by atoms with van der Waals surface area (Å²) in [5, 5.41) is 7.91. The third kappa shape index (κ3) is 1.90. The molecule has 1 heterocycles. The molecule has 2 rings (SSSR count). The van der Waals surface area contributed by atoms with Crippen molar-refractivity contribution in [3.8, 4) is 5.69 Å². The van der Waals surface area contributed by atoms with Crippen LogP contribution in [0.4, 0.5) is 4.39 Å². The van der Waals surface area contributed by atoms with Crippen LogP contribution in [0.2, 0.25) is 10.3 Å². The van der Waals surface area contributed by atoms with Gasteiger partial charge in [0.05, 0.1) is 10.7 Å². The van der Waals surface area contributed by atoms with Crippen molar-refractivity contribution in [1.82, 2.24) is 14.8 Å². The van der Waals surface area contributed by atoms with E-state index in [2.05, 4.69) is 10.2 Å². The Morgan fingerprint density at radius 3 is 2.69 bits per heavy atom. The van der Waals surface area contributed by atoms with Crippen LogP contribution in [0.25, 0.3) is 5.69 Å². The Bertz CT molecular complexity index is 525. The monoisotopic (exact) mass is 259 g/mol. The maximum absolute atomic E-state index is 13.3. The fraction of sp³-hybridized carbons (Fsp3) is 0.200. The molecule has 0 bridgehead atoms. The average molecular weight is 260 g/mol. The molecule has 0 aliphatic rings. The van der Waals surface area contributed by atoms with Gasteiger partial charge in [0.2, 0.25) is 5.28 Å². The van der Waals surface area contributed by atoms with E-state index >= 15 is 0 Å². The van der Waals surface area contributed by atoms with Crippen LogP contribution in [-0.4, -0.2) is 14.8 Å². The number of aromatic nitrogens is 3. The quantitative estimate of drug-likeness (QED) is 0.829. The maximum Gasteiger partial charge on any atom is 0.229 e. The van der Waals surface area contributed by atoms with E-state index < -0.39 is 5.82 Å². The van der Waals surface area contributed by atoms with Crippen LogP contribution >= 0.6 is 23.2 Å². The summed E-state index contributed by atoms with van der Waals surface area (Å²) in [6.45, 7) is 1.92. The van der Waals surface area contributed by atoms with Crippen LogP contribution in [0.3, 0.4) is 0 Å². The summed E-state index contributed by atoms with van der Waals surface area (Å²) in [6, 6.07) is 4.44. The Morgan fingerprint density at radius 1 is 1.31 bits per heavy atom. The molecule has 0 saturated carbocycles. The molecule has 84 valence electrons. The molecule has 0 aliphatic carbocycles. The minimum Gasteiger partial charge on any atom is -0.270 e. The second-order valence-electron chi connectivity index (χ2n) is 3.17. The highest BCUT2D eigenvalue weighted by atomic mass is 35.5. The molecule has 1 aromatic heterocycles. The number of halogens is 3. The van der Waals surface area contributed by atoms with Gasteiger partial charge in [-0.05, 0) is 29.8 Å². The van der Waals surface area contributed by atoms with E-state index in [1.807, 2.05) is 6.92 Å². The van der Waals surface area contributed by atoms with Crippen molar-refractivity contribution in [3.05, 3.63) is 40.1 Å². The minimum absolute atomic E-state index is 0.0750.